The highest BCUT2D eigenvalue weighted by Crippen LogP contribution is 2.23. The molecular formula is C20H24FN3O3. The zero-order chi connectivity index (χ0) is 19.8. The molecule has 2 aromatic carbocycles. The molecule has 0 radical (unpaired) electrons. The van der Waals surface area contributed by atoms with Gasteiger partial charge in [-0.1, -0.05) is 12.1 Å². The number of nitrogens with one attached hydrogen (secondary N) is 2. The molecule has 2 N–H and O–H groups in total. The van der Waals surface area contributed by atoms with Gasteiger partial charge < -0.3 is 20.3 Å². The second-order valence-electron chi connectivity index (χ2n) is 6.16. The Hall–Kier alpha value is -2.93. The van der Waals surface area contributed by atoms with E-state index in [0.29, 0.717) is 36.5 Å². The molecule has 2 rings (SSSR count). The average molecular weight is 373 g/mol. The lowest BCUT2D eigenvalue weighted by Gasteiger charge is -2.18. The molecule has 2 amide bonds. The highest BCUT2D eigenvalue weighted by molar-refractivity contribution is 6.06. The molecule has 0 aromatic heterocycles. The van der Waals surface area contributed by atoms with Crippen molar-refractivity contribution in [3.8, 4) is 0 Å². The maximum Gasteiger partial charge on any atom is 0.258 e. The van der Waals surface area contributed by atoms with Crippen molar-refractivity contribution in [2.75, 3.05) is 44.6 Å². The Bertz CT molecular complexity index is 809. The van der Waals surface area contributed by atoms with Crippen LogP contribution < -0.4 is 15.5 Å². The molecule has 0 saturated heterocycles. The molecule has 144 valence electrons. The van der Waals surface area contributed by atoms with Crippen LogP contribution in [0, 0.1) is 5.82 Å². The fourth-order valence-corrected chi connectivity index (χ4v) is 2.54. The largest absolute Gasteiger partial charge is 0.385 e. The van der Waals surface area contributed by atoms with E-state index in [0.717, 1.165) is 0 Å². The van der Waals surface area contributed by atoms with Crippen LogP contribution in [0.25, 0.3) is 0 Å². The van der Waals surface area contributed by atoms with Gasteiger partial charge in [0.25, 0.3) is 11.8 Å². The lowest BCUT2D eigenvalue weighted by atomic mass is 10.1. The van der Waals surface area contributed by atoms with E-state index in [9.17, 15) is 14.0 Å². The van der Waals surface area contributed by atoms with Gasteiger partial charge in [0, 0.05) is 45.7 Å². The van der Waals surface area contributed by atoms with Crippen molar-refractivity contribution in [3.05, 3.63) is 59.4 Å². The quantitative estimate of drug-likeness (QED) is 0.698. The molecule has 0 unspecified atom stereocenters. The molecule has 0 bridgehead atoms. The number of amides is 2. The van der Waals surface area contributed by atoms with Gasteiger partial charge in [0.05, 0.1) is 11.1 Å². The smallest absolute Gasteiger partial charge is 0.258 e. The van der Waals surface area contributed by atoms with Crippen molar-refractivity contribution in [1.82, 2.24) is 5.32 Å². The van der Waals surface area contributed by atoms with Crippen molar-refractivity contribution in [1.29, 1.82) is 0 Å². The molecule has 0 saturated carbocycles. The average Bonchev–Trinajstić information content (AvgIpc) is 2.65. The Morgan fingerprint density at radius 3 is 2.48 bits per heavy atom. The minimum absolute atomic E-state index is 0.0558. The highest BCUT2D eigenvalue weighted by atomic mass is 19.1. The SMILES string of the molecule is COCCCNC(=O)c1cc(NC(=O)c2ccccc2F)ccc1N(C)C. The Balaban J connectivity index is 2.20. The number of rotatable bonds is 8. The Morgan fingerprint density at radius 2 is 1.81 bits per heavy atom. The van der Waals surface area contributed by atoms with E-state index in [-0.39, 0.29) is 11.5 Å². The van der Waals surface area contributed by atoms with Crippen LogP contribution in [0.15, 0.2) is 42.5 Å². The fourth-order valence-electron chi connectivity index (χ4n) is 2.54. The molecule has 0 aliphatic heterocycles. The number of carbonyl (C=O) groups excluding carboxylic acids is 2. The first kappa shape index (κ1) is 20.4. The van der Waals surface area contributed by atoms with Crippen molar-refractivity contribution >= 4 is 23.2 Å². The number of hydrogen-bond donors (Lipinski definition) is 2. The summed E-state index contributed by atoms with van der Waals surface area (Å²) < 4.78 is 18.7. The Labute approximate surface area is 158 Å². The second kappa shape index (κ2) is 9.68. The lowest BCUT2D eigenvalue weighted by Crippen LogP contribution is -2.27. The predicted molar refractivity (Wildman–Crippen MR) is 104 cm³/mol. The number of carbonyl (C=O) groups is 2. The van der Waals surface area contributed by atoms with Gasteiger partial charge in [-0.05, 0) is 36.8 Å². The second-order valence-corrected chi connectivity index (χ2v) is 6.16. The monoisotopic (exact) mass is 373 g/mol. The van der Waals surface area contributed by atoms with Crippen LogP contribution in [-0.4, -0.2) is 46.2 Å². The van der Waals surface area contributed by atoms with Crippen LogP contribution in [0.1, 0.15) is 27.1 Å². The van der Waals surface area contributed by atoms with Gasteiger partial charge in [0.2, 0.25) is 0 Å². The van der Waals surface area contributed by atoms with E-state index in [4.69, 9.17) is 4.74 Å². The van der Waals surface area contributed by atoms with Crippen LogP contribution in [0.3, 0.4) is 0 Å². The molecule has 6 nitrogen and oxygen atoms in total. The Morgan fingerprint density at radius 1 is 1.07 bits per heavy atom. The summed E-state index contributed by atoms with van der Waals surface area (Å²) in [5.41, 5.74) is 1.49. The molecular weight excluding hydrogens is 349 g/mol. The molecule has 27 heavy (non-hydrogen) atoms. The van der Waals surface area contributed by atoms with Gasteiger partial charge in [-0.15, -0.1) is 0 Å². The fraction of sp³-hybridized carbons (Fsp3) is 0.300. The van der Waals surface area contributed by atoms with Crippen LogP contribution >= 0.6 is 0 Å². The predicted octanol–water partition coefficient (Wildman–Crippen LogP) is 2.91. The van der Waals surface area contributed by atoms with E-state index in [2.05, 4.69) is 10.6 Å². The van der Waals surface area contributed by atoms with E-state index >= 15 is 0 Å². The standard InChI is InChI=1S/C20H24FN3O3/c1-24(2)18-10-9-14(13-16(18)19(25)22-11-6-12-27-3)23-20(26)15-7-4-5-8-17(15)21/h4-5,7-10,13H,6,11-12H2,1-3H3,(H,22,25)(H,23,26). The number of nitrogens with zero attached hydrogens (tertiary/aromatic N) is 1. The maximum atomic E-state index is 13.8. The molecule has 0 aliphatic rings. The summed E-state index contributed by atoms with van der Waals surface area (Å²) in [6, 6.07) is 10.7. The zero-order valence-electron chi connectivity index (χ0n) is 15.7. The van der Waals surface area contributed by atoms with Gasteiger partial charge in [-0.25, -0.2) is 4.39 Å². The summed E-state index contributed by atoms with van der Waals surface area (Å²) in [6.45, 7) is 1.03. The zero-order valence-corrected chi connectivity index (χ0v) is 15.7. The first-order chi connectivity index (χ1) is 12.9. The molecule has 0 heterocycles. The molecule has 7 heteroatoms. The van der Waals surface area contributed by atoms with Gasteiger partial charge in [-0.3, -0.25) is 9.59 Å². The molecule has 2 aromatic rings. The van der Waals surface area contributed by atoms with E-state index in [1.165, 1.54) is 18.2 Å². The van der Waals surface area contributed by atoms with E-state index < -0.39 is 11.7 Å². The van der Waals surface area contributed by atoms with Crippen molar-refractivity contribution in [2.24, 2.45) is 0 Å². The van der Waals surface area contributed by atoms with Crippen LogP contribution in [0.2, 0.25) is 0 Å². The minimum Gasteiger partial charge on any atom is -0.385 e. The van der Waals surface area contributed by atoms with E-state index in [1.54, 1.807) is 31.4 Å². The normalized spacial score (nSPS) is 10.4. The number of halogens is 1. The summed E-state index contributed by atoms with van der Waals surface area (Å²) >= 11 is 0. The number of ether oxygens (including phenoxy) is 1. The highest BCUT2D eigenvalue weighted by Gasteiger charge is 2.16. The van der Waals surface area contributed by atoms with Gasteiger partial charge >= 0.3 is 0 Å². The molecule has 0 fully saturated rings. The Kier molecular flexibility index (Phi) is 7.31. The summed E-state index contributed by atoms with van der Waals surface area (Å²) in [5.74, 6) is -1.43. The number of hydrogen-bond acceptors (Lipinski definition) is 4. The van der Waals surface area contributed by atoms with Crippen molar-refractivity contribution < 1.29 is 18.7 Å². The van der Waals surface area contributed by atoms with Crippen LogP contribution in [0.5, 0.6) is 0 Å². The third-order valence-corrected chi connectivity index (χ3v) is 3.91. The third-order valence-electron chi connectivity index (χ3n) is 3.91. The number of benzene rings is 2. The first-order valence-corrected chi connectivity index (χ1v) is 8.58. The first-order valence-electron chi connectivity index (χ1n) is 8.58. The van der Waals surface area contributed by atoms with Crippen LogP contribution in [-0.2, 0) is 4.74 Å². The summed E-state index contributed by atoms with van der Waals surface area (Å²) in [6.07, 6.45) is 0.698. The summed E-state index contributed by atoms with van der Waals surface area (Å²) in [5, 5.41) is 5.47. The van der Waals surface area contributed by atoms with Crippen molar-refractivity contribution in [3.63, 3.8) is 0 Å². The molecule has 0 aliphatic carbocycles. The number of methoxy groups -OCH3 is 1. The lowest BCUT2D eigenvalue weighted by molar-refractivity contribution is 0.0947. The van der Waals surface area contributed by atoms with Gasteiger partial charge in [0.15, 0.2) is 0 Å². The maximum absolute atomic E-state index is 13.8. The summed E-state index contributed by atoms with van der Waals surface area (Å²) in [7, 11) is 5.26. The molecule has 0 spiro atoms. The van der Waals surface area contributed by atoms with Gasteiger partial charge in [0.1, 0.15) is 5.82 Å². The minimum atomic E-state index is -0.601. The number of anilines is 2. The molecule has 0 atom stereocenters. The van der Waals surface area contributed by atoms with Crippen LogP contribution in [0.4, 0.5) is 15.8 Å². The topological polar surface area (TPSA) is 70.7 Å². The summed E-state index contributed by atoms with van der Waals surface area (Å²) in [4.78, 5) is 26.7. The van der Waals surface area contributed by atoms with E-state index in [1.807, 2.05) is 19.0 Å². The van der Waals surface area contributed by atoms with Crippen molar-refractivity contribution in [2.45, 2.75) is 6.42 Å². The van der Waals surface area contributed by atoms with Gasteiger partial charge in [-0.2, -0.15) is 0 Å². The third kappa shape index (κ3) is 5.52.